The second-order valence-corrected chi connectivity index (χ2v) is 8.84. The van der Waals surface area contributed by atoms with Gasteiger partial charge in [0, 0.05) is 75.1 Å². The van der Waals surface area contributed by atoms with Crippen LogP contribution in [-0.2, 0) is 11.3 Å². The first-order valence-corrected chi connectivity index (χ1v) is 12.0. The molecule has 4 rings (SSSR count). The molecule has 0 spiro atoms. The molecule has 9 nitrogen and oxygen atoms in total. The maximum Gasteiger partial charge on any atom is 0.270 e. The number of ether oxygens (including phenoxy) is 1. The summed E-state index contributed by atoms with van der Waals surface area (Å²) in [5.41, 5.74) is 2.92. The number of nitro groups is 1. The number of benzene rings is 2. The number of thiazole rings is 1. The molecule has 34 heavy (non-hydrogen) atoms. The van der Waals surface area contributed by atoms with E-state index >= 15 is 0 Å². The second-order valence-electron chi connectivity index (χ2n) is 7.98. The quantitative estimate of drug-likeness (QED) is 0.282. The van der Waals surface area contributed by atoms with Gasteiger partial charge in [0.1, 0.15) is 5.01 Å². The van der Waals surface area contributed by atoms with Crippen LogP contribution in [0.25, 0.3) is 10.6 Å². The van der Waals surface area contributed by atoms with E-state index < -0.39 is 4.92 Å². The van der Waals surface area contributed by atoms with Crippen molar-refractivity contribution in [2.75, 3.05) is 51.8 Å². The Labute approximate surface area is 202 Å². The maximum absolute atomic E-state index is 13.3. The summed E-state index contributed by atoms with van der Waals surface area (Å²) in [7, 11) is 1.59. The van der Waals surface area contributed by atoms with Crippen molar-refractivity contribution in [2.24, 2.45) is 0 Å². The van der Waals surface area contributed by atoms with E-state index in [0.29, 0.717) is 50.6 Å². The number of nitrogens with zero attached hydrogens (tertiary/aromatic N) is 4. The van der Waals surface area contributed by atoms with Gasteiger partial charge in [0.2, 0.25) is 0 Å². The Kier molecular flexibility index (Phi) is 7.84. The van der Waals surface area contributed by atoms with Crippen LogP contribution in [-0.4, -0.2) is 72.1 Å². The van der Waals surface area contributed by atoms with Crippen molar-refractivity contribution in [3.05, 3.63) is 75.3 Å². The zero-order valence-corrected chi connectivity index (χ0v) is 19.8. The Morgan fingerprint density at radius 2 is 1.94 bits per heavy atom. The molecule has 1 aliphatic heterocycles. The van der Waals surface area contributed by atoms with Gasteiger partial charge in [0.05, 0.1) is 22.8 Å². The molecule has 3 aromatic rings. The average Bonchev–Trinajstić information content (AvgIpc) is 3.33. The van der Waals surface area contributed by atoms with E-state index in [0.717, 1.165) is 22.8 Å². The fraction of sp³-hybridized carbons (Fsp3) is 0.333. The molecule has 0 unspecified atom stereocenters. The summed E-state index contributed by atoms with van der Waals surface area (Å²) < 4.78 is 5.05. The number of carbonyl (C=O) groups excluding carboxylic acids is 1. The zero-order valence-electron chi connectivity index (χ0n) is 19.0. The van der Waals surface area contributed by atoms with Gasteiger partial charge in [-0.2, -0.15) is 0 Å². The second kappa shape index (κ2) is 11.2. The number of aromatic nitrogens is 1. The van der Waals surface area contributed by atoms with E-state index in [1.807, 2.05) is 18.2 Å². The van der Waals surface area contributed by atoms with Crippen molar-refractivity contribution in [2.45, 2.75) is 6.54 Å². The van der Waals surface area contributed by atoms with Crippen molar-refractivity contribution in [3.63, 3.8) is 0 Å². The predicted molar refractivity (Wildman–Crippen MR) is 132 cm³/mol. The molecule has 2 heterocycles. The largest absolute Gasteiger partial charge is 0.383 e. The van der Waals surface area contributed by atoms with Gasteiger partial charge in [0.25, 0.3) is 11.6 Å². The van der Waals surface area contributed by atoms with Gasteiger partial charge in [-0.1, -0.05) is 30.3 Å². The van der Waals surface area contributed by atoms with Crippen molar-refractivity contribution >= 4 is 28.6 Å². The Morgan fingerprint density at radius 1 is 1.18 bits per heavy atom. The molecule has 1 fully saturated rings. The van der Waals surface area contributed by atoms with Gasteiger partial charge in [-0.3, -0.25) is 19.8 Å². The Morgan fingerprint density at radius 3 is 2.65 bits per heavy atom. The third-order valence-electron chi connectivity index (χ3n) is 5.68. The lowest BCUT2D eigenvalue weighted by Crippen LogP contribution is -2.48. The zero-order chi connectivity index (χ0) is 23.9. The normalized spacial score (nSPS) is 14.2. The molecule has 1 N–H and O–H groups in total. The lowest BCUT2D eigenvalue weighted by molar-refractivity contribution is -0.384. The molecule has 2 aromatic carbocycles. The van der Waals surface area contributed by atoms with Crippen LogP contribution in [0.3, 0.4) is 0 Å². The third-order valence-corrected chi connectivity index (χ3v) is 6.62. The van der Waals surface area contributed by atoms with Crippen molar-refractivity contribution in [1.82, 2.24) is 14.8 Å². The molecule has 1 saturated heterocycles. The van der Waals surface area contributed by atoms with E-state index in [-0.39, 0.29) is 11.6 Å². The molecule has 178 valence electrons. The lowest BCUT2D eigenvalue weighted by atomic mass is 10.1. The number of amides is 1. The number of nitro benzene ring substituents is 1. The van der Waals surface area contributed by atoms with E-state index in [1.54, 1.807) is 29.4 Å². The van der Waals surface area contributed by atoms with E-state index in [4.69, 9.17) is 9.72 Å². The molecule has 1 amide bonds. The fourth-order valence-electron chi connectivity index (χ4n) is 3.87. The first kappa shape index (κ1) is 23.8. The van der Waals surface area contributed by atoms with Crippen LogP contribution in [0, 0.1) is 10.1 Å². The summed E-state index contributed by atoms with van der Waals surface area (Å²) >= 11 is 1.63. The number of hydrogen-bond acceptors (Lipinski definition) is 8. The summed E-state index contributed by atoms with van der Waals surface area (Å²) in [5, 5.41) is 17.5. The monoisotopic (exact) mass is 481 g/mol. The van der Waals surface area contributed by atoms with Gasteiger partial charge >= 0.3 is 0 Å². The topological polar surface area (TPSA) is 101 Å². The molecule has 0 saturated carbocycles. The SMILES string of the molecule is COCCNc1ccc([N+](=O)[O-])cc1C(=O)N1CCN(Cc2csc(-c3ccccc3)n2)CC1. The average molecular weight is 482 g/mol. The maximum atomic E-state index is 13.3. The molecular formula is C24H27N5O4S. The lowest BCUT2D eigenvalue weighted by Gasteiger charge is -2.34. The summed E-state index contributed by atoms with van der Waals surface area (Å²) in [4.78, 5) is 32.8. The highest BCUT2D eigenvalue weighted by Gasteiger charge is 2.26. The Bertz CT molecular complexity index is 1130. The molecular weight excluding hydrogens is 454 g/mol. The molecule has 1 aromatic heterocycles. The molecule has 0 radical (unpaired) electrons. The van der Waals surface area contributed by atoms with Gasteiger partial charge in [-0.25, -0.2) is 4.98 Å². The molecule has 0 atom stereocenters. The van der Waals surface area contributed by atoms with Crippen LogP contribution in [0.4, 0.5) is 11.4 Å². The minimum Gasteiger partial charge on any atom is -0.383 e. The third kappa shape index (κ3) is 5.77. The molecule has 1 aliphatic rings. The number of hydrogen-bond donors (Lipinski definition) is 1. The number of piperazine rings is 1. The Balaban J connectivity index is 1.38. The van der Waals surface area contributed by atoms with Crippen molar-refractivity contribution in [1.29, 1.82) is 0 Å². The molecule has 0 bridgehead atoms. The summed E-state index contributed by atoms with van der Waals surface area (Å²) in [6, 6.07) is 14.5. The molecule has 0 aliphatic carbocycles. The van der Waals surface area contributed by atoms with Crippen molar-refractivity contribution < 1.29 is 14.5 Å². The van der Waals surface area contributed by atoms with E-state index in [9.17, 15) is 14.9 Å². The van der Waals surface area contributed by atoms with Crippen LogP contribution in [0.1, 0.15) is 16.1 Å². The van der Waals surface area contributed by atoms with Crippen LogP contribution < -0.4 is 5.32 Å². The first-order valence-electron chi connectivity index (χ1n) is 11.1. The van der Waals surface area contributed by atoms with Crippen LogP contribution in [0.15, 0.2) is 53.9 Å². The van der Waals surface area contributed by atoms with Gasteiger partial charge in [-0.15, -0.1) is 11.3 Å². The van der Waals surface area contributed by atoms with Crippen LogP contribution in [0.2, 0.25) is 0 Å². The van der Waals surface area contributed by atoms with E-state index in [1.165, 1.54) is 12.1 Å². The van der Waals surface area contributed by atoms with Gasteiger partial charge in [-0.05, 0) is 6.07 Å². The number of non-ortho nitro benzene ring substituents is 1. The first-order chi connectivity index (χ1) is 16.5. The number of methoxy groups -OCH3 is 1. The number of rotatable bonds is 9. The standard InChI is InChI=1S/C24H27N5O4S/c1-33-14-9-25-22-8-7-20(29(31)32)15-21(22)24(30)28-12-10-27(11-13-28)16-19-17-34-23(26-19)18-5-3-2-4-6-18/h2-8,15,17,25H,9-14,16H2,1H3. The van der Waals surface area contributed by atoms with Crippen LogP contribution >= 0.6 is 11.3 Å². The fourth-order valence-corrected chi connectivity index (χ4v) is 4.68. The highest BCUT2D eigenvalue weighted by atomic mass is 32.1. The van der Waals surface area contributed by atoms with Crippen molar-refractivity contribution in [3.8, 4) is 10.6 Å². The van der Waals surface area contributed by atoms with Gasteiger partial charge < -0.3 is 15.0 Å². The number of carbonyl (C=O) groups is 1. The summed E-state index contributed by atoms with van der Waals surface area (Å²) in [6.07, 6.45) is 0. The minimum absolute atomic E-state index is 0.1000. The minimum atomic E-state index is -0.481. The number of nitrogens with one attached hydrogen (secondary N) is 1. The molecule has 10 heteroatoms. The van der Waals surface area contributed by atoms with E-state index in [2.05, 4.69) is 27.7 Å². The highest BCUT2D eigenvalue weighted by Crippen LogP contribution is 2.26. The van der Waals surface area contributed by atoms with Crippen LogP contribution in [0.5, 0.6) is 0 Å². The Hall–Kier alpha value is -3.34. The smallest absolute Gasteiger partial charge is 0.270 e. The highest BCUT2D eigenvalue weighted by molar-refractivity contribution is 7.13. The summed E-state index contributed by atoms with van der Waals surface area (Å²) in [6.45, 7) is 4.22. The predicted octanol–water partition coefficient (Wildman–Crippen LogP) is 3.73. The van der Waals surface area contributed by atoms with Gasteiger partial charge in [0.15, 0.2) is 0 Å². The summed E-state index contributed by atoms with van der Waals surface area (Å²) in [5.74, 6) is -0.205. The number of anilines is 1.